The summed E-state index contributed by atoms with van der Waals surface area (Å²) in [5.74, 6) is 0.751. The van der Waals surface area contributed by atoms with Crippen LogP contribution in [0.15, 0.2) is 22.6 Å². The fourth-order valence-electron chi connectivity index (χ4n) is 2.51. The number of rotatable bonds is 3. The van der Waals surface area contributed by atoms with Gasteiger partial charge in [-0.25, -0.2) is 4.98 Å². The number of hydrogen-bond acceptors (Lipinski definition) is 4. The quantitative estimate of drug-likeness (QED) is 0.901. The summed E-state index contributed by atoms with van der Waals surface area (Å²) < 4.78 is 5.56. The molecule has 0 spiro atoms. The lowest BCUT2D eigenvalue weighted by Crippen LogP contribution is -2.43. The molecule has 1 aromatic carbocycles. The summed E-state index contributed by atoms with van der Waals surface area (Å²) in [6, 6.07) is 5.49. The largest absolute Gasteiger partial charge is 0.441 e. The van der Waals surface area contributed by atoms with Gasteiger partial charge in [-0.1, -0.05) is 13.3 Å². The van der Waals surface area contributed by atoms with Crippen molar-refractivity contribution in [3.05, 3.63) is 24.1 Å². The molecule has 1 fully saturated rings. The number of amides is 1. The van der Waals surface area contributed by atoms with Crippen LogP contribution in [-0.2, 0) is 11.2 Å². The minimum atomic E-state index is -0.0806. The van der Waals surface area contributed by atoms with E-state index < -0.39 is 0 Å². The first kappa shape index (κ1) is 13.1. The lowest BCUT2D eigenvalue weighted by Gasteiger charge is -2.22. The maximum Gasteiger partial charge on any atom is 0.241 e. The van der Waals surface area contributed by atoms with E-state index in [1.165, 1.54) is 0 Å². The Morgan fingerprint density at radius 2 is 2.40 bits per heavy atom. The topological polar surface area (TPSA) is 67.2 Å². The van der Waals surface area contributed by atoms with E-state index in [9.17, 15) is 4.79 Å². The van der Waals surface area contributed by atoms with E-state index in [0.29, 0.717) is 0 Å². The van der Waals surface area contributed by atoms with Crippen molar-refractivity contribution < 1.29 is 9.21 Å². The van der Waals surface area contributed by atoms with Crippen LogP contribution >= 0.6 is 0 Å². The summed E-state index contributed by atoms with van der Waals surface area (Å²) in [7, 11) is 0. The van der Waals surface area contributed by atoms with Gasteiger partial charge in [0.05, 0.1) is 6.04 Å². The van der Waals surface area contributed by atoms with Crippen molar-refractivity contribution in [1.82, 2.24) is 10.3 Å². The standard InChI is InChI=1S/C15H19N3O2/c1-2-14-18-12-9-10(6-7-13(12)20-14)17-15(19)11-5-3-4-8-16-11/h6-7,9,11,16H,2-5,8H2,1H3,(H,17,19). The minimum absolute atomic E-state index is 0.0308. The predicted molar refractivity (Wildman–Crippen MR) is 77.7 cm³/mol. The molecule has 1 aliphatic heterocycles. The van der Waals surface area contributed by atoms with Gasteiger partial charge in [0.2, 0.25) is 5.91 Å². The average Bonchev–Trinajstić information content (AvgIpc) is 2.90. The SMILES string of the molecule is CCc1nc2cc(NC(=O)C3CCCCN3)ccc2o1. The first-order valence-corrected chi connectivity index (χ1v) is 7.20. The molecule has 1 amide bonds. The van der Waals surface area contributed by atoms with Gasteiger partial charge in [-0.2, -0.15) is 0 Å². The normalized spacial score (nSPS) is 19.1. The number of oxazole rings is 1. The molecule has 1 aromatic heterocycles. The number of anilines is 1. The van der Waals surface area contributed by atoms with E-state index in [4.69, 9.17) is 4.42 Å². The Bertz CT molecular complexity index is 615. The molecule has 1 saturated heterocycles. The Labute approximate surface area is 117 Å². The molecule has 0 bridgehead atoms. The smallest absolute Gasteiger partial charge is 0.241 e. The molecule has 0 saturated carbocycles. The van der Waals surface area contributed by atoms with E-state index in [1.54, 1.807) is 0 Å². The van der Waals surface area contributed by atoms with Gasteiger partial charge in [0.25, 0.3) is 0 Å². The molecular weight excluding hydrogens is 254 g/mol. The third-order valence-electron chi connectivity index (χ3n) is 3.63. The third kappa shape index (κ3) is 2.67. The lowest BCUT2D eigenvalue weighted by molar-refractivity contribution is -0.118. The number of piperidine rings is 1. The van der Waals surface area contributed by atoms with Gasteiger partial charge in [0, 0.05) is 12.1 Å². The molecule has 5 heteroatoms. The van der Waals surface area contributed by atoms with Gasteiger partial charge in [-0.3, -0.25) is 4.79 Å². The number of hydrogen-bond donors (Lipinski definition) is 2. The second-order valence-electron chi connectivity index (χ2n) is 5.14. The predicted octanol–water partition coefficient (Wildman–Crippen LogP) is 2.47. The van der Waals surface area contributed by atoms with E-state index in [2.05, 4.69) is 15.6 Å². The highest BCUT2D eigenvalue weighted by molar-refractivity contribution is 5.96. The molecule has 0 radical (unpaired) electrons. The number of nitrogens with zero attached hydrogens (tertiary/aromatic N) is 1. The minimum Gasteiger partial charge on any atom is -0.441 e. The summed E-state index contributed by atoms with van der Waals surface area (Å²) in [5, 5.41) is 6.19. The molecule has 2 N–H and O–H groups in total. The van der Waals surface area contributed by atoms with Crippen LogP contribution in [0.25, 0.3) is 11.1 Å². The second-order valence-corrected chi connectivity index (χ2v) is 5.14. The van der Waals surface area contributed by atoms with Crippen molar-refractivity contribution in [1.29, 1.82) is 0 Å². The highest BCUT2D eigenvalue weighted by Gasteiger charge is 2.20. The molecule has 0 aliphatic carbocycles. The molecular formula is C15H19N3O2. The fraction of sp³-hybridized carbons (Fsp3) is 0.467. The van der Waals surface area contributed by atoms with E-state index >= 15 is 0 Å². The highest BCUT2D eigenvalue weighted by atomic mass is 16.3. The van der Waals surface area contributed by atoms with Crippen LogP contribution in [0.4, 0.5) is 5.69 Å². The molecule has 106 valence electrons. The Balaban J connectivity index is 1.74. The summed E-state index contributed by atoms with van der Waals surface area (Å²) in [6.07, 6.45) is 3.92. The Morgan fingerprint density at radius 1 is 1.50 bits per heavy atom. The van der Waals surface area contributed by atoms with Crippen molar-refractivity contribution in [2.24, 2.45) is 0 Å². The first-order chi connectivity index (χ1) is 9.76. The number of aromatic nitrogens is 1. The van der Waals surface area contributed by atoms with Crippen LogP contribution in [0.1, 0.15) is 32.1 Å². The fourth-order valence-corrected chi connectivity index (χ4v) is 2.51. The second kappa shape index (κ2) is 5.63. The Morgan fingerprint density at radius 3 is 3.15 bits per heavy atom. The zero-order valence-electron chi connectivity index (χ0n) is 11.6. The third-order valence-corrected chi connectivity index (χ3v) is 3.63. The Kier molecular flexibility index (Phi) is 3.69. The van der Waals surface area contributed by atoms with E-state index in [0.717, 1.165) is 54.9 Å². The van der Waals surface area contributed by atoms with Crippen molar-refractivity contribution in [2.45, 2.75) is 38.6 Å². The molecule has 2 heterocycles. The number of benzene rings is 1. The van der Waals surface area contributed by atoms with Crippen LogP contribution in [0.3, 0.4) is 0 Å². The van der Waals surface area contributed by atoms with Gasteiger partial charge < -0.3 is 15.1 Å². The van der Waals surface area contributed by atoms with Crippen LogP contribution in [-0.4, -0.2) is 23.5 Å². The lowest BCUT2D eigenvalue weighted by atomic mass is 10.0. The summed E-state index contributed by atoms with van der Waals surface area (Å²) >= 11 is 0. The van der Waals surface area contributed by atoms with Crippen molar-refractivity contribution in [3.63, 3.8) is 0 Å². The van der Waals surface area contributed by atoms with Crippen molar-refractivity contribution in [2.75, 3.05) is 11.9 Å². The van der Waals surface area contributed by atoms with Crippen LogP contribution in [0.5, 0.6) is 0 Å². The highest BCUT2D eigenvalue weighted by Crippen LogP contribution is 2.21. The first-order valence-electron chi connectivity index (χ1n) is 7.20. The van der Waals surface area contributed by atoms with Gasteiger partial charge >= 0.3 is 0 Å². The van der Waals surface area contributed by atoms with E-state index in [-0.39, 0.29) is 11.9 Å². The molecule has 2 aromatic rings. The van der Waals surface area contributed by atoms with Crippen LogP contribution in [0, 0.1) is 0 Å². The maximum atomic E-state index is 12.1. The molecule has 3 rings (SSSR count). The average molecular weight is 273 g/mol. The van der Waals surface area contributed by atoms with Crippen LogP contribution < -0.4 is 10.6 Å². The Hall–Kier alpha value is -1.88. The number of carbonyl (C=O) groups is 1. The molecule has 20 heavy (non-hydrogen) atoms. The molecule has 5 nitrogen and oxygen atoms in total. The molecule has 1 atom stereocenters. The number of carbonyl (C=O) groups excluding carboxylic acids is 1. The monoisotopic (exact) mass is 273 g/mol. The number of nitrogens with one attached hydrogen (secondary N) is 2. The van der Waals surface area contributed by atoms with Gasteiger partial charge in [-0.05, 0) is 37.6 Å². The zero-order chi connectivity index (χ0) is 13.9. The van der Waals surface area contributed by atoms with Crippen molar-refractivity contribution >= 4 is 22.7 Å². The van der Waals surface area contributed by atoms with Crippen molar-refractivity contribution in [3.8, 4) is 0 Å². The van der Waals surface area contributed by atoms with Gasteiger partial charge in [0.15, 0.2) is 11.5 Å². The van der Waals surface area contributed by atoms with E-state index in [1.807, 2.05) is 25.1 Å². The zero-order valence-corrected chi connectivity index (χ0v) is 11.6. The maximum absolute atomic E-state index is 12.1. The summed E-state index contributed by atoms with van der Waals surface area (Å²) in [5.41, 5.74) is 2.32. The van der Waals surface area contributed by atoms with Gasteiger partial charge in [-0.15, -0.1) is 0 Å². The number of aryl methyl sites for hydroxylation is 1. The summed E-state index contributed by atoms with van der Waals surface area (Å²) in [6.45, 7) is 2.92. The van der Waals surface area contributed by atoms with Gasteiger partial charge in [0.1, 0.15) is 5.52 Å². The molecule has 1 aliphatic rings. The summed E-state index contributed by atoms with van der Waals surface area (Å²) in [4.78, 5) is 16.5. The molecule has 1 unspecified atom stereocenters. The van der Waals surface area contributed by atoms with Crippen LogP contribution in [0.2, 0.25) is 0 Å². The number of fused-ring (bicyclic) bond motifs is 1.